The van der Waals surface area contributed by atoms with E-state index in [2.05, 4.69) is 40.3 Å². The van der Waals surface area contributed by atoms with Crippen LogP contribution in [0.2, 0.25) is 0 Å². The first kappa shape index (κ1) is 15.3. The number of halogens is 1. The summed E-state index contributed by atoms with van der Waals surface area (Å²) in [7, 11) is 0. The Balaban J connectivity index is 1.79. The fraction of sp³-hybridized carbons (Fsp3) is 0.105. The maximum absolute atomic E-state index is 13.2. The van der Waals surface area contributed by atoms with Crippen LogP contribution in [-0.2, 0) is 0 Å². The molecule has 0 radical (unpaired) electrons. The van der Waals surface area contributed by atoms with E-state index >= 15 is 0 Å². The smallest absolute Gasteiger partial charge is 0.168 e. The van der Waals surface area contributed by atoms with E-state index in [1.807, 2.05) is 12.1 Å². The van der Waals surface area contributed by atoms with Crippen LogP contribution in [0, 0.1) is 19.7 Å². The second-order valence-electron chi connectivity index (χ2n) is 5.86. The van der Waals surface area contributed by atoms with Crippen molar-refractivity contribution in [1.29, 1.82) is 0 Å². The third-order valence-electron chi connectivity index (χ3n) is 4.29. The van der Waals surface area contributed by atoms with Crippen LogP contribution >= 0.6 is 0 Å². The summed E-state index contributed by atoms with van der Waals surface area (Å²) in [6.45, 7) is 4.14. The van der Waals surface area contributed by atoms with Gasteiger partial charge in [0.05, 0.1) is 17.3 Å². The van der Waals surface area contributed by atoms with E-state index in [4.69, 9.17) is 0 Å². The molecule has 0 spiro atoms. The van der Waals surface area contributed by atoms with Gasteiger partial charge in [-0.05, 0) is 55.3 Å². The lowest BCUT2D eigenvalue weighted by Crippen LogP contribution is -2.00. The van der Waals surface area contributed by atoms with Gasteiger partial charge in [-0.1, -0.05) is 12.1 Å². The Kier molecular flexibility index (Phi) is 3.65. The molecular weight excluding hydrogens is 317 g/mol. The normalized spacial score (nSPS) is 11.0. The fourth-order valence-electron chi connectivity index (χ4n) is 2.73. The highest BCUT2D eigenvalue weighted by Crippen LogP contribution is 2.27. The summed E-state index contributed by atoms with van der Waals surface area (Å²) in [5.41, 5.74) is 4.77. The molecule has 4 aromatic rings. The molecule has 0 aliphatic heterocycles. The molecule has 0 bridgehead atoms. The summed E-state index contributed by atoms with van der Waals surface area (Å²) >= 11 is 0. The summed E-state index contributed by atoms with van der Waals surface area (Å²) < 4.78 is 14.8. The van der Waals surface area contributed by atoms with Gasteiger partial charge in [0, 0.05) is 5.69 Å². The van der Waals surface area contributed by atoms with Gasteiger partial charge in [-0.3, -0.25) is 0 Å². The molecule has 5 nitrogen and oxygen atoms in total. The number of rotatable bonds is 3. The Bertz CT molecular complexity index is 1050. The standard InChI is InChI=1S/C19H16FN5/c1-12-4-3-5-17(13(12)2)24-18-16-10-23-25(19(16)22-11-21-18)15-8-6-14(20)7-9-15/h3-11H,1-2H3,(H,21,22,24). The molecule has 2 aromatic heterocycles. The van der Waals surface area contributed by atoms with E-state index in [0.29, 0.717) is 11.5 Å². The predicted molar refractivity (Wildman–Crippen MR) is 95.8 cm³/mol. The van der Waals surface area contributed by atoms with Crippen LogP contribution in [0.5, 0.6) is 0 Å². The van der Waals surface area contributed by atoms with E-state index < -0.39 is 0 Å². The van der Waals surface area contributed by atoms with Gasteiger partial charge < -0.3 is 5.32 Å². The minimum Gasteiger partial charge on any atom is -0.339 e. The van der Waals surface area contributed by atoms with Gasteiger partial charge in [0.1, 0.15) is 18.0 Å². The molecule has 25 heavy (non-hydrogen) atoms. The number of benzene rings is 2. The Hall–Kier alpha value is -3.28. The van der Waals surface area contributed by atoms with E-state index in [1.165, 1.54) is 29.6 Å². The summed E-state index contributed by atoms with van der Waals surface area (Å²) in [6, 6.07) is 12.2. The number of hydrogen-bond acceptors (Lipinski definition) is 4. The zero-order valence-electron chi connectivity index (χ0n) is 13.9. The number of aromatic nitrogens is 4. The summed E-state index contributed by atoms with van der Waals surface area (Å²) in [5.74, 6) is 0.402. The van der Waals surface area contributed by atoms with Gasteiger partial charge in [0.2, 0.25) is 0 Å². The molecule has 0 unspecified atom stereocenters. The first-order chi connectivity index (χ1) is 12.1. The minimum atomic E-state index is -0.285. The van der Waals surface area contributed by atoms with Crippen LogP contribution in [0.4, 0.5) is 15.9 Å². The fourth-order valence-corrected chi connectivity index (χ4v) is 2.73. The molecule has 0 aliphatic rings. The Labute approximate surface area is 144 Å². The number of nitrogens with one attached hydrogen (secondary N) is 1. The van der Waals surface area contributed by atoms with Crippen LogP contribution in [0.3, 0.4) is 0 Å². The highest BCUT2D eigenvalue weighted by atomic mass is 19.1. The summed E-state index contributed by atoms with van der Waals surface area (Å²) in [6.07, 6.45) is 3.21. The molecule has 4 rings (SSSR count). The van der Waals surface area contributed by atoms with Crippen molar-refractivity contribution in [1.82, 2.24) is 19.7 Å². The van der Waals surface area contributed by atoms with Gasteiger partial charge in [-0.2, -0.15) is 5.10 Å². The molecule has 124 valence electrons. The maximum atomic E-state index is 13.2. The quantitative estimate of drug-likeness (QED) is 0.607. The van der Waals surface area contributed by atoms with Crippen molar-refractivity contribution in [3.63, 3.8) is 0 Å². The van der Waals surface area contributed by atoms with Crippen LogP contribution in [-0.4, -0.2) is 19.7 Å². The first-order valence-corrected chi connectivity index (χ1v) is 7.91. The second kappa shape index (κ2) is 5.98. The number of hydrogen-bond donors (Lipinski definition) is 1. The Morgan fingerprint density at radius 1 is 1.00 bits per heavy atom. The molecule has 2 heterocycles. The minimum absolute atomic E-state index is 0.285. The van der Waals surface area contributed by atoms with Crippen molar-refractivity contribution in [2.75, 3.05) is 5.32 Å². The zero-order valence-corrected chi connectivity index (χ0v) is 13.9. The van der Waals surface area contributed by atoms with Crippen molar-refractivity contribution in [3.8, 4) is 5.69 Å². The van der Waals surface area contributed by atoms with E-state index in [1.54, 1.807) is 23.0 Å². The average molecular weight is 333 g/mol. The van der Waals surface area contributed by atoms with Gasteiger partial charge in [0.25, 0.3) is 0 Å². The van der Waals surface area contributed by atoms with E-state index in [0.717, 1.165) is 16.8 Å². The predicted octanol–water partition coefficient (Wildman–Crippen LogP) is 4.32. The molecule has 0 fully saturated rings. The first-order valence-electron chi connectivity index (χ1n) is 7.91. The van der Waals surface area contributed by atoms with Gasteiger partial charge in [-0.25, -0.2) is 19.0 Å². The SMILES string of the molecule is Cc1cccc(Nc2ncnc3c2cnn3-c2ccc(F)cc2)c1C. The molecule has 2 aromatic carbocycles. The van der Waals surface area contributed by atoms with Crippen molar-refractivity contribution in [2.45, 2.75) is 13.8 Å². The molecule has 0 amide bonds. The lowest BCUT2D eigenvalue weighted by Gasteiger charge is -2.11. The highest BCUT2D eigenvalue weighted by Gasteiger charge is 2.12. The molecule has 0 aliphatic carbocycles. The summed E-state index contributed by atoms with van der Waals surface area (Å²) in [5, 5.41) is 8.55. The van der Waals surface area contributed by atoms with Crippen molar-refractivity contribution in [3.05, 3.63) is 71.9 Å². The van der Waals surface area contributed by atoms with Crippen molar-refractivity contribution in [2.24, 2.45) is 0 Å². The third-order valence-corrected chi connectivity index (χ3v) is 4.29. The van der Waals surface area contributed by atoms with E-state index in [9.17, 15) is 4.39 Å². The van der Waals surface area contributed by atoms with Crippen molar-refractivity contribution >= 4 is 22.5 Å². The summed E-state index contributed by atoms with van der Waals surface area (Å²) in [4.78, 5) is 8.70. The largest absolute Gasteiger partial charge is 0.339 e. The Morgan fingerprint density at radius 3 is 2.60 bits per heavy atom. The average Bonchev–Trinajstić information content (AvgIpc) is 3.05. The Morgan fingerprint density at radius 2 is 1.80 bits per heavy atom. The van der Waals surface area contributed by atoms with Gasteiger partial charge >= 0.3 is 0 Å². The molecular formula is C19H16FN5. The second-order valence-corrected chi connectivity index (χ2v) is 5.86. The molecule has 0 saturated carbocycles. The number of fused-ring (bicyclic) bond motifs is 1. The molecule has 0 atom stereocenters. The number of anilines is 2. The third kappa shape index (κ3) is 2.71. The number of nitrogens with zero attached hydrogens (tertiary/aromatic N) is 4. The maximum Gasteiger partial charge on any atom is 0.168 e. The molecule has 0 saturated heterocycles. The highest BCUT2D eigenvalue weighted by molar-refractivity contribution is 5.89. The van der Waals surface area contributed by atoms with Crippen LogP contribution < -0.4 is 5.32 Å². The van der Waals surface area contributed by atoms with Crippen LogP contribution in [0.25, 0.3) is 16.7 Å². The lowest BCUT2D eigenvalue weighted by molar-refractivity contribution is 0.627. The molecule has 1 N–H and O–H groups in total. The van der Waals surface area contributed by atoms with Gasteiger partial charge in [-0.15, -0.1) is 0 Å². The van der Waals surface area contributed by atoms with Crippen LogP contribution in [0.15, 0.2) is 55.0 Å². The van der Waals surface area contributed by atoms with Crippen molar-refractivity contribution < 1.29 is 4.39 Å². The number of aryl methyl sites for hydroxylation is 1. The topological polar surface area (TPSA) is 55.6 Å². The van der Waals surface area contributed by atoms with Gasteiger partial charge in [0.15, 0.2) is 5.65 Å². The molecule has 6 heteroatoms. The zero-order chi connectivity index (χ0) is 17.4. The lowest BCUT2D eigenvalue weighted by atomic mass is 10.1. The van der Waals surface area contributed by atoms with E-state index in [-0.39, 0.29) is 5.82 Å². The monoisotopic (exact) mass is 333 g/mol. The van der Waals surface area contributed by atoms with Crippen LogP contribution in [0.1, 0.15) is 11.1 Å².